The monoisotopic (exact) mass is 560 g/mol. The van der Waals surface area contributed by atoms with E-state index in [1.54, 1.807) is 0 Å². The lowest BCUT2D eigenvalue weighted by Crippen LogP contribution is -2.02. The summed E-state index contributed by atoms with van der Waals surface area (Å²) in [7, 11) is 0. The van der Waals surface area contributed by atoms with Crippen LogP contribution in [-0.2, 0) is 32.1 Å². The number of phenols is 2. The van der Waals surface area contributed by atoms with E-state index in [1.807, 2.05) is 48.5 Å². The predicted octanol–water partition coefficient (Wildman–Crippen LogP) is 9.05. The molecule has 2 N–H and O–H groups in total. The van der Waals surface area contributed by atoms with Gasteiger partial charge in [-0.2, -0.15) is 0 Å². The molecule has 0 saturated heterocycles. The van der Waals surface area contributed by atoms with Gasteiger partial charge in [-0.3, -0.25) is 0 Å². The lowest BCUT2D eigenvalue weighted by molar-refractivity contribution is 0.456. The van der Waals surface area contributed by atoms with Crippen LogP contribution in [0.3, 0.4) is 0 Å². The van der Waals surface area contributed by atoms with Crippen molar-refractivity contribution in [1.82, 2.24) is 0 Å². The van der Waals surface area contributed by atoms with E-state index in [-0.39, 0.29) is 0 Å². The van der Waals surface area contributed by atoms with E-state index in [2.05, 4.69) is 97.1 Å². The highest BCUT2D eigenvalue weighted by molar-refractivity contribution is 5.53. The van der Waals surface area contributed by atoms with Crippen LogP contribution >= 0.6 is 0 Å². The Morgan fingerprint density at radius 3 is 0.837 bits per heavy atom. The molecule has 2 heteroatoms. The minimum Gasteiger partial charge on any atom is -0.507 e. The molecular formula is C41H36O2. The van der Waals surface area contributed by atoms with Crippen molar-refractivity contribution < 1.29 is 10.2 Å². The Labute approximate surface area is 254 Å². The fourth-order valence-corrected chi connectivity index (χ4v) is 5.91. The van der Waals surface area contributed by atoms with E-state index in [9.17, 15) is 10.2 Å². The summed E-state index contributed by atoms with van der Waals surface area (Å²) >= 11 is 0. The topological polar surface area (TPSA) is 40.5 Å². The molecule has 0 aliphatic heterocycles. The number of benzene rings is 6. The van der Waals surface area contributed by atoms with Crippen molar-refractivity contribution in [2.24, 2.45) is 0 Å². The molecule has 0 unspecified atom stereocenters. The standard InChI is InChI=1S/C41H36O2/c42-40-36(23-32-17-9-3-10-18-32)25-34(21-30-13-5-1-6-14-30)27-38(40)29-39-28-35(22-31-15-7-2-8-16-31)26-37(41(39)43)24-33-19-11-4-12-20-33/h1-20,25-28,42-43H,21-24,29H2. The first kappa shape index (κ1) is 28.1. The molecule has 0 fully saturated rings. The largest absolute Gasteiger partial charge is 0.507 e. The molecule has 0 bridgehead atoms. The van der Waals surface area contributed by atoms with Gasteiger partial charge < -0.3 is 10.2 Å². The van der Waals surface area contributed by atoms with Crippen molar-refractivity contribution in [2.45, 2.75) is 32.1 Å². The molecule has 0 radical (unpaired) electrons. The summed E-state index contributed by atoms with van der Waals surface area (Å²) in [6, 6.07) is 49.9. The van der Waals surface area contributed by atoms with E-state index in [1.165, 1.54) is 11.1 Å². The minimum absolute atomic E-state index is 0.304. The van der Waals surface area contributed by atoms with Crippen LogP contribution in [0, 0.1) is 0 Å². The zero-order chi connectivity index (χ0) is 29.4. The molecule has 0 heterocycles. The van der Waals surface area contributed by atoms with Crippen LogP contribution in [0.5, 0.6) is 11.5 Å². The molecule has 43 heavy (non-hydrogen) atoms. The van der Waals surface area contributed by atoms with Gasteiger partial charge in [0, 0.05) is 19.3 Å². The first-order valence-corrected chi connectivity index (χ1v) is 14.9. The number of hydrogen-bond donors (Lipinski definition) is 2. The molecule has 0 amide bonds. The van der Waals surface area contributed by atoms with Gasteiger partial charge in [0.05, 0.1) is 0 Å². The Hall–Kier alpha value is -5.08. The van der Waals surface area contributed by atoms with Crippen molar-refractivity contribution in [3.63, 3.8) is 0 Å². The Balaban J connectivity index is 1.40. The third-order valence-corrected chi connectivity index (χ3v) is 8.01. The Morgan fingerprint density at radius 1 is 0.279 bits per heavy atom. The zero-order valence-electron chi connectivity index (χ0n) is 24.3. The van der Waals surface area contributed by atoms with Gasteiger partial charge in [-0.05, 0) is 68.5 Å². The van der Waals surface area contributed by atoms with Gasteiger partial charge in [0.15, 0.2) is 0 Å². The van der Waals surface area contributed by atoms with Gasteiger partial charge in [-0.15, -0.1) is 0 Å². The van der Waals surface area contributed by atoms with Crippen LogP contribution < -0.4 is 0 Å². The van der Waals surface area contributed by atoms with Crippen LogP contribution in [0.4, 0.5) is 0 Å². The van der Waals surface area contributed by atoms with Crippen LogP contribution in [0.25, 0.3) is 0 Å². The first-order valence-electron chi connectivity index (χ1n) is 14.9. The van der Waals surface area contributed by atoms with Gasteiger partial charge in [-0.1, -0.05) is 146 Å². The van der Waals surface area contributed by atoms with E-state index >= 15 is 0 Å². The maximum atomic E-state index is 11.6. The Morgan fingerprint density at radius 2 is 0.535 bits per heavy atom. The molecule has 0 aromatic heterocycles. The fraction of sp³-hybridized carbons (Fsp3) is 0.122. The van der Waals surface area contributed by atoms with Crippen molar-refractivity contribution in [1.29, 1.82) is 0 Å². The highest BCUT2D eigenvalue weighted by atomic mass is 16.3. The quantitative estimate of drug-likeness (QED) is 0.175. The van der Waals surface area contributed by atoms with Crippen LogP contribution in [-0.4, -0.2) is 10.2 Å². The molecule has 6 aromatic rings. The van der Waals surface area contributed by atoms with Crippen molar-refractivity contribution in [3.8, 4) is 11.5 Å². The molecule has 0 aliphatic carbocycles. The average Bonchev–Trinajstić information content (AvgIpc) is 3.03. The second kappa shape index (κ2) is 13.3. The lowest BCUT2D eigenvalue weighted by Gasteiger charge is -2.17. The summed E-state index contributed by atoms with van der Waals surface area (Å²) in [6.45, 7) is 0. The summed E-state index contributed by atoms with van der Waals surface area (Å²) < 4.78 is 0. The molecule has 2 nitrogen and oxygen atoms in total. The number of rotatable bonds is 10. The highest BCUT2D eigenvalue weighted by Gasteiger charge is 2.17. The molecule has 6 aromatic carbocycles. The molecule has 6 rings (SSSR count). The second-order valence-electron chi connectivity index (χ2n) is 11.4. The maximum Gasteiger partial charge on any atom is 0.122 e. The highest BCUT2D eigenvalue weighted by Crippen LogP contribution is 2.35. The smallest absolute Gasteiger partial charge is 0.122 e. The molecule has 212 valence electrons. The van der Waals surface area contributed by atoms with Gasteiger partial charge in [-0.25, -0.2) is 0 Å². The fourth-order valence-electron chi connectivity index (χ4n) is 5.91. The molecule has 0 atom stereocenters. The summed E-state index contributed by atoms with van der Waals surface area (Å²) in [5.41, 5.74) is 10.5. The minimum atomic E-state index is 0.304. The summed E-state index contributed by atoms with van der Waals surface area (Å²) in [5.74, 6) is 0.608. The molecule has 0 aliphatic rings. The van der Waals surface area contributed by atoms with E-state index in [0.717, 1.165) is 57.3 Å². The number of hydrogen-bond acceptors (Lipinski definition) is 2. The Kier molecular flexibility index (Phi) is 8.66. The normalized spacial score (nSPS) is 11.0. The lowest BCUT2D eigenvalue weighted by atomic mass is 9.90. The van der Waals surface area contributed by atoms with Gasteiger partial charge >= 0.3 is 0 Å². The van der Waals surface area contributed by atoms with Gasteiger partial charge in [0.1, 0.15) is 11.5 Å². The third kappa shape index (κ3) is 7.23. The average molecular weight is 561 g/mol. The second-order valence-corrected chi connectivity index (χ2v) is 11.4. The summed E-state index contributed by atoms with van der Waals surface area (Å²) in [5, 5.41) is 23.2. The maximum absolute atomic E-state index is 11.6. The summed E-state index contributed by atoms with van der Waals surface area (Å²) in [4.78, 5) is 0. The number of phenolic OH excluding ortho intramolecular Hbond substituents is 2. The predicted molar refractivity (Wildman–Crippen MR) is 176 cm³/mol. The first-order chi connectivity index (χ1) is 21.1. The molecular weight excluding hydrogens is 524 g/mol. The number of aromatic hydroxyl groups is 2. The van der Waals surface area contributed by atoms with Crippen LogP contribution in [0.15, 0.2) is 146 Å². The molecule has 0 saturated carbocycles. The van der Waals surface area contributed by atoms with Crippen molar-refractivity contribution in [2.75, 3.05) is 0 Å². The van der Waals surface area contributed by atoms with E-state index in [4.69, 9.17) is 0 Å². The zero-order valence-corrected chi connectivity index (χ0v) is 24.3. The van der Waals surface area contributed by atoms with E-state index < -0.39 is 0 Å². The van der Waals surface area contributed by atoms with Crippen molar-refractivity contribution in [3.05, 3.63) is 201 Å². The van der Waals surface area contributed by atoms with Crippen LogP contribution in [0.2, 0.25) is 0 Å². The van der Waals surface area contributed by atoms with Crippen LogP contribution in [0.1, 0.15) is 55.6 Å². The van der Waals surface area contributed by atoms with Crippen molar-refractivity contribution >= 4 is 0 Å². The third-order valence-electron chi connectivity index (χ3n) is 8.01. The SMILES string of the molecule is Oc1c(Cc2ccccc2)cc(Cc2ccccc2)cc1Cc1cc(Cc2ccccc2)cc(Cc2ccccc2)c1O. The van der Waals surface area contributed by atoms with Gasteiger partial charge in [0.25, 0.3) is 0 Å². The Bertz CT molecular complexity index is 1640. The molecule has 0 spiro atoms. The summed E-state index contributed by atoms with van der Waals surface area (Å²) in [6.07, 6.45) is 3.26. The van der Waals surface area contributed by atoms with Gasteiger partial charge in [0.2, 0.25) is 0 Å². The van der Waals surface area contributed by atoms with E-state index in [0.29, 0.717) is 30.8 Å².